The molecule has 0 radical (unpaired) electrons. The second-order valence-electron chi connectivity index (χ2n) is 5.86. The summed E-state index contributed by atoms with van der Waals surface area (Å²) in [6.07, 6.45) is 2.17. The highest BCUT2D eigenvalue weighted by Crippen LogP contribution is 2.20. The van der Waals surface area contributed by atoms with Gasteiger partial charge in [0, 0.05) is 18.6 Å². The fraction of sp³-hybridized carbons (Fsp3) is 0.769. The summed E-state index contributed by atoms with van der Waals surface area (Å²) in [5.41, 5.74) is -0.215. The average molecular weight is 283 g/mol. The van der Waals surface area contributed by atoms with Crippen LogP contribution in [0.5, 0.6) is 6.08 Å². The van der Waals surface area contributed by atoms with Gasteiger partial charge in [-0.05, 0) is 12.8 Å². The molecule has 0 aliphatic carbocycles. The van der Waals surface area contributed by atoms with Crippen molar-refractivity contribution in [1.29, 1.82) is 0 Å². The van der Waals surface area contributed by atoms with Gasteiger partial charge >= 0.3 is 6.08 Å². The van der Waals surface area contributed by atoms with Crippen LogP contribution in [-0.4, -0.2) is 41.9 Å². The molecule has 0 saturated carbocycles. The zero-order valence-corrected chi connectivity index (χ0v) is 12.1. The molecule has 7 heteroatoms. The highest BCUT2D eigenvalue weighted by atomic mass is 16.6. The zero-order valence-electron chi connectivity index (χ0n) is 12.1. The van der Waals surface area contributed by atoms with Crippen molar-refractivity contribution in [3.63, 3.8) is 0 Å². The first-order valence-corrected chi connectivity index (χ1v) is 6.80. The standard InChI is InChI=1S/C13H21N3O4/c1-13(2,3)11-15-12(20-16-11)19-8-10(17)14-7-9-5-4-6-18-9/h9H,4-8H2,1-3H3,(H,14,17)/t9-/m0/s1. The monoisotopic (exact) mass is 283 g/mol. The number of carbonyl (C=O) groups excluding carboxylic acids is 1. The van der Waals surface area contributed by atoms with Crippen LogP contribution in [0.1, 0.15) is 39.4 Å². The number of hydrogen-bond acceptors (Lipinski definition) is 6. The Bertz CT molecular complexity index is 447. The predicted molar refractivity (Wildman–Crippen MR) is 70.5 cm³/mol. The molecule has 0 unspecified atom stereocenters. The van der Waals surface area contributed by atoms with Crippen molar-refractivity contribution in [2.45, 2.75) is 45.1 Å². The summed E-state index contributed by atoms with van der Waals surface area (Å²) in [6.45, 7) is 7.05. The van der Waals surface area contributed by atoms with Crippen LogP contribution in [0.2, 0.25) is 0 Å². The molecule has 0 bridgehead atoms. The van der Waals surface area contributed by atoms with Gasteiger partial charge in [-0.1, -0.05) is 25.9 Å². The Labute approximate surface area is 118 Å². The van der Waals surface area contributed by atoms with E-state index in [9.17, 15) is 4.79 Å². The predicted octanol–water partition coefficient (Wildman–Crippen LogP) is 1.04. The molecule has 1 amide bonds. The Hall–Kier alpha value is -1.63. The van der Waals surface area contributed by atoms with Crippen LogP contribution >= 0.6 is 0 Å². The number of hydrogen-bond donors (Lipinski definition) is 1. The second-order valence-corrected chi connectivity index (χ2v) is 5.86. The average Bonchev–Trinajstić information content (AvgIpc) is 3.04. The quantitative estimate of drug-likeness (QED) is 0.869. The maximum atomic E-state index is 11.6. The van der Waals surface area contributed by atoms with Crippen LogP contribution in [0.25, 0.3) is 0 Å². The molecule has 112 valence electrons. The summed E-state index contributed by atoms with van der Waals surface area (Å²) in [5.74, 6) is 0.322. The molecule has 1 aliphatic heterocycles. The molecule has 1 aromatic heterocycles. The first-order valence-electron chi connectivity index (χ1n) is 6.80. The van der Waals surface area contributed by atoms with E-state index in [1.165, 1.54) is 0 Å². The minimum Gasteiger partial charge on any atom is -0.439 e. The maximum absolute atomic E-state index is 11.6. The van der Waals surface area contributed by atoms with Gasteiger partial charge in [0.1, 0.15) is 0 Å². The van der Waals surface area contributed by atoms with Crippen molar-refractivity contribution in [2.75, 3.05) is 19.8 Å². The van der Waals surface area contributed by atoms with Gasteiger partial charge in [-0.25, -0.2) is 0 Å². The third kappa shape index (κ3) is 4.19. The topological polar surface area (TPSA) is 86.5 Å². The molecule has 1 N–H and O–H groups in total. The first kappa shape index (κ1) is 14.8. The van der Waals surface area contributed by atoms with E-state index in [1.54, 1.807) is 0 Å². The Kier molecular flexibility index (Phi) is 4.59. The van der Waals surface area contributed by atoms with Crippen LogP contribution in [0.15, 0.2) is 4.52 Å². The van der Waals surface area contributed by atoms with Crippen molar-refractivity contribution in [1.82, 2.24) is 15.5 Å². The van der Waals surface area contributed by atoms with Gasteiger partial charge in [0.2, 0.25) is 0 Å². The number of ether oxygens (including phenoxy) is 2. The lowest BCUT2D eigenvalue weighted by Crippen LogP contribution is -2.35. The summed E-state index contributed by atoms with van der Waals surface area (Å²) in [5, 5.41) is 6.56. The molecule has 1 aliphatic rings. The lowest BCUT2D eigenvalue weighted by Gasteiger charge is -2.11. The molecule has 2 rings (SSSR count). The minimum atomic E-state index is -0.226. The number of nitrogens with one attached hydrogen (secondary N) is 1. The number of nitrogens with zero attached hydrogens (tertiary/aromatic N) is 2. The van der Waals surface area contributed by atoms with Gasteiger partial charge in [-0.3, -0.25) is 9.32 Å². The van der Waals surface area contributed by atoms with Crippen LogP contribution < -0.4 is 10.1 Å². The van der Waals surface area contributed by atoms with Crippen LogP contribution in [-0.2, 0) is 14.9 Å². The van der Waals surface area contributed by atoms with E-state index in [2.05, 4.69) is 15.5 Å². The Balaban J connectivity index is 1.71. The highest BCUT2D eigenvalue weighted by Gasteiger charge is 2.22. The molecule has 20 heavy (non-hydrogen) atoms. The van der Waals surface area contributed by atoms with Crippen LogP contribution in [0.4, 0.5) is 0 Å². The van der Waals surface area contributed by atoms with Gasteiger partial charge in [0.05, 0.1) is 6.10 Å². The van der Waals surface area contributed by atoms with Crippen molar-refractivity contribution in [2.24, 2.45) is 0 Å². The van der Waals surface area contributed by atoms with E-state index in [1.807, 2.05) is 20.8 Å². The van der Waals surface area contributed by atoms with Gasteiger partial charge in [-0.2, -0.15) is 4.98 Å². The molecule has 2 heterocycles. The highest BCUT2D eigenvalue weighted by molar-refractivity contribution is 5.77. The smallest absolute Gasteiger partial charge is 0.417 e. The summed E-state index contributed by atoms with van der Waals surface area (Å²) >= 11 is 0. The Morgan fingerprint density at radius 2 is 2.30 bits per heavy atom. The molecule has 7 nitrogen and oxygen atoms in total. The normalized spacial score (nSPS) is 19.1. The van der Waals surface area contributed by atoms with E-state index in [-0.39, 0.29) is 30.1 Å². The Morgan fingerprint density at radius 1 is 1.50 bits per heavy atom. The summed E-state index contributed by atoms with van der Waals surface area (Å²) in [6, 6.07) is 0. The lowest BCUT2D eigenvalue weighted by atomic mass is 9.96. The molecule has 1 atom stereocenters. The summed E-state index contributed by atoms with van der Waals surface area (Å²) in [7, 11) is 0. The van der Waals surface area contributed by atoms with E-state index >= 15 is 0 Å². The van der Waals surface area contributed by atoms with Crippen LogP contribution in [0, 0.1) is 0 Å². The van der Waals surface area contributed by atoms with Crippen molar-refractivity contribution in [3.05, 3.63) is 5.82 Å². The number of amides is 1. The number of carbonyl (C=O) groups is 1. The van der Waals surface area contributed by atoms with E-state index < -0.39 is 0 Å². The van der Waals surface area contributed by atoms with Gasteiger partial charge in [0.25, 0.3) is 5.91 Å². The molecular weight excluding hydrogens is 262 g/mol. The fourth-order valence-electron chi connectivity index (χ4n) is 1.78. The summed E-state index contributed by atoms with van der Waals surface area (Å²) in [4.78, 5) is 15.7. The number of aromatic nitrogens is 2. The zero-order chi connectivity index (χ0) is 14.6. The maximum Gasteiger partial charge on any atom is 0.417 e. The Morgan fingerprint density at radius 3 is 2.90 bits per heavy atom. The molecule has 1 aromatic rings. The minimum absolute atomic E-state index is 0.0159. The van der Waals surface area contributed by atoms with E-state index in [0.717, 1.165) is 19.4 Å². The first-order chi connectivity index (χ1) is 9.45. The largest absolute Gasteiger partial charge is 0.439 e. The van der Waals surface area contributed by atoms with Gasteiger partial charge < -0.3 is 14.8 Å². The van der Waals surface area contributed by atoms with Crippen molar-refractivity contribution in [3.8, 4) is 6.08 Å². The molecule has 0 aromatic carbocycles. The third-order valence-corrected chi connectivity index (χ3v) is 2.96. The van der Waals surface area contributed by atoms with E-state index in [4.69, 9.17) is 14.0 Å². The molecular formula is C13H21N3O4. The van der Waals surface area contributed by atoms with Gasteiger partial charge in [-0.15, -0.1) is 0 Å². The lowest BCUT2D eigenvalue weighted by molar-refractivity contribution is -0.124. The third-order valence-electron chi connectivity index (χ3n) is 2.96. The molecule has 1 saturated heterocycles. The molecule has 0 spiro atoms. The van der Waals surface area contributed by atoms with Crippen LogP contribution in [0.3, 0.4) is 0 Å². The fourth-order valence-corrected chi connectivity index (χ4v) is 1.78. The van der Waals surface area contributed by atoms with Crippen molar-refractivity contribution < 1.29 is 18.8 Å². The SMILES string of the molecule is CC(C)(C)c1noc(OCC(=O)NC[C@@H]2CCCO2)n1. The molecule has 1 fully saturated rings. The second kappa shape index (κ2) is 6.21. The van der Waals surface area contributed by atoms with Crippen molar-refractivity contribution >= 4 is 5.91 Å². The van der Waals surface area contributed by atoms with E-state index in [0.29, 0.717) is 12.4 Å². The summed E-state index contributed by atoms with van der Waals surface area (Å²) < 4.78 is 15.5. The number of rotatable bonds is 5. The van der Waals surface area contributed by atoms with Gasteiger partial charge in [0.15, 0.2) is 12.4 Å².